The van der Waals surface area contributed by atoms with E-state index in [1.165, 1.54) is 6.07 Å². The molecule has 0 aliphatic heterocycles. The van der Waals surface area contributed by atoms with Crippen molar-refractivity contribution in [2.75, 3.05) is 0 Å². The highest BCUT2D eigenvalue weighted by atomic mass is 35.5. The van der Waals surface area contributed by atoms with Crippen LogP contribution in [0.1, 0.15) is 15.9 Å². The molecule has 2 aromatic carbocycles. The van der Waals surface area contributed by atoms with Gasteiger partial charge >= 0.3 is 0 Å². The van der Waals surface area contributed by atoms with E-state index in [1.807, 2.05) is 0 Å². The van der Waals surface area contributed by atoms with Crippen LogP contribution in [0.2, 0.25) is 5.02 Å². The molecular formula is C13H5ClF4O. The maximum absolute atomic E-state index is 13.4. The normalized spacial score (nSPS) is 10.6. The summed E-state index contributed by atoms with van der Waals surface area (Å²) < 4.78 is 53.0. The van der Waals surface area contributed by atoms with E-state index < -0.39 is 40.2 Å². The van der Waals surface area contributed by atoms with Crippen LogP contribution in [-0.4, -0.2) is 5.78 Å². The van der Waals surface area contributed by atoms with Crippen molar-refractivity contribution in [1.29, 1.82) is 0 Å². The first-order valence-corrected chi connectivity index (χ1v) is 5.42. The van der Waals surface area contributed by atoms with Crippen LogP contribution >= 0.6 is 11.6 Å². The Hall–Kier alpha value is -1.88. The number of hydrogen-bond acceptors (Lipinski definition) is 1. The molecule has 0 spiro atoms. The fourth-order valence-corrected chi connectivity index (χ4v) is 1.74. The van der Waals surface area contributed by atoms with Crippen molar-refractivity contribution < 1.29 is 22.4 Å². The molecule has 0 saturated carbocycles. The highest BCUT2D eigenvalue weighted by Gasteiger charge is 2.23. The molecule has 0 heterocycles. The average Bonchev–Trinajstić information content (AvgIpc) is 2.30. The Morgan fingerprint density at radius 2 is 1.47 bits per heavy atom. The predicted molar refractivity (Wildman–Crippen MR) is 61.2 cm³/mol. The van der Waals surface area contributed by atoms with E-state index in [-0.39, 0.29) is 5.02 Å². The van der Waals surface area contributed by atoms with Gasteiger partial charge in [-0.05, 0) is 18.2 Å². The van der Waals surface area contributed by atoms with Crippen molar-refractivity contribution in [1.82, 2.24) is 0 Å². The van der Waals surface area contributed by atoms with Crippen molar-refractivity contribution in [3.05, 3.63) is 69.8 Å². The molecule has 98 valence electrons. The van der Waals surface area contributed by atoms with Gasteiger partial charge in [0.25, 0.3) is 0 Å². The van der Waals surface area contributed by atoms with Crippen LogP contribution in [0.4, 0.5) is 17.6 Å². The molecule has 0 aromatic heterocycles. The first-order chi connectivity index (χ1) is 8.90. The number of hydrogen-bond donors (Lipinski definition) is 0. The van der Waals surface area contributed by atoms with Crippen molar-refractivity contribution in [3.63, 3.8) is 0 Å². The third-order valence-corrected chi connectivity index (χ3v) is 2.64. The Kier molecular flexibility index (Phi) is 3.57. The highest BCUT2D eigenvalue weighted by molar-refractivity contribution is 6.31. The summed E-state index contributed by atoms with van der Waals surface area (Å²) in [4.78, 5) is 11.9. The molecule has 6 heteroatoms. The van der Waals surface area contributed by atoms with Crippen LogP contribution in [0.3, 0.4) is 0 Å². The van der Waals surface area contributed by atoms with Crippen LogP contribution in [0.25, 0.3) is 0 Å². The summed E-state index contributed by atoms with van der Waals surface area (Å²) in [5.74, 6) is -6.19. The molecule has 0 N–H and O–H groups in total. The summed E-state index contributed by atoms with van der Waals surface area (Å²) in [6.45, 7) is 0. The Morgan fingerprint density at radius 1 is 0.895 bits per heavy atom. The average molecular weight is 289 g/mol. The van der Waals surface area contributed by atoms with Crippen LogP contribution in [0.15, 0.2) is 30.3 Å². The highest BCUT2D eigenvalue weighted by Crippen LogP contribution is 2.22. The molecule has 0 amide bonds. The van der Waals surface area contributed by atoms with Gasteiger partial charge in [0.1, 0.15) is 23.3 Å². The first-order valence-electron chi connectivity index (χ1n) is 5.04. The number of benzene rings is 2. The van der Waals surface area contributed by atoms with Gasteiger partial charge in [0.2, 0.25) is 5.78 Å². The Bertz CT molecular complexity index is 647. The topological polar surface area (TPSA) is 17.1 Å². The van der Waals surface area contributed by atoms with Gasteiger partial charge in [-0.3, -0.25) is 4.79 Å². The second-order valence-electron chi connectivity index (χ2n) is 3.70. The van der Waals surface area contributed by atoms with Gasteiger partial charge in [-0.15, -0.1) is 0 Å². The standard InChI is InChI=1S/C13H5ClF4O/c14-6-1-2-9(16)8(3-6)13(19)12-10(17)4-7(15)5-11(12)18/h1-5H. The van der Waals surface area contributed by atoms with Crippen molar-refractivity contribution in [2.24, 2.45) is 0 Å². The molecule has 2 rings (SSSR count). The van der Waals surface area contributed by atoms with Gasteiger partial charge in [0.05, 0.1) is 11.1 Å². The van der Waals surface area contributed by atoms with Gasteiger partial charge in [-0.25, -0.2) is 17.6 Å². The Labute approximate surface area is 110 Å². The Morgan fingerprint density at radius 3 is 2.05 bits per heavy atom. The van der Waals surface area contributed by atoms with E-state index in [2.05, 4.69) is 0 Å². The zero-order chi connectivity index (χ0) is 14.2. The second-order valence-corrected chi connectivity index (χ2v) is 4.13. The lowest BCUT2D eigenvalue weighted by molar-refractivity contribution is 0.102. The third kappa shape index (κ3) is 2.61. The van der Waals surface area contributed by atoms with Gasteiger partial charge < -0.3 is 0 Å². The molecule has 2 aromatic rings. The smallest absolute Gasteiger partial charge is 0.201 e. The zero-order valence-corrected chi connectivity index (χ0v) is 9.94. The van der Waals surface area contributed by atoms with E-state index in [9.17, 15) is 22.4 Å². The number of ketones is 1. The van der Waals surface area contributed by atoms with Gasteiger partial charge in [-0.1, -0.05) is 11.6 Å². The number of carbonyl (C=O) groups is 1. The van der Waals surface area contributed by atoms with Crippen LogP contribution in [-0.2, 0) is 0 Å². The van der Waals surface area contributed by atoms with E-state index >= 15 is 0 Å². The van der Waals surface area contributed by atoms with E-state index in [0.29, 0.717) is 12.1 Å². The number of carbonyl (C=O) groups excluding carboxylic acids is 1. The molecule has 0 atom stereocenters. The van der Waals surface area contributed by atoms with Crippen LogP contribution in [0.5, 0.6) is 0 Å². The minimum Gasteiger partial charge on any atom is -0.288 e. The van der Waals surface area contributed by atoms with Crippen molar-refractivity contribution >= 4 is 17.4 Å². The SMILES string of the molecule is O=C(c1cc(Cl)ccc1F)c1c(F)cc(F)cc1F. The number of rotatable bonds is 2. The van der Waals surface area contributed by atoms with Crippen molar-refractivity contribution in [3.8, 4) is 0 Å². The lowest BCUT2D eigenvalue weighted by Crippen LogP contribution is -2.10. The summed E-state index contributed by atoms with van der Waals surface area (Å²) >= 11 is 5.59. The lowest BCUT2D eigenvalue weighted by Gasteiger charge is -2.06. The molecule has 0 aliphatic rings. The van der Waals surface area contributed by atoms with Crippen LogP contribution < -0.4 is 0 Å². The molecule has 19 heavy (non-hydrogen) atoms. The maximum atomic E-state index is 13.4. The summed E-state index contributed by atoms with van der Waals surface area (Å²) in [5, 5.41) is 0.0349. The van der Waals surface area contributed by atoms with Gasteiger partial charge in [0, 0.05) is 17.2 Å². The van der Waals surface area contributed by atoms with E-state index in [1.54, 1.807) is 0 Å². The largest absolute Gasteiger partial charge is 0.288 e. The number of halogens is 5. The zero-order valence-electron chi connectivity index (χ0n) is 9.18. The van der Waals surface area contributed by atoms with E-state index in [0.717, 1.165) is 12.1 Å². The summed E-state index contributed by atoms with van der Waals surface area (Å²) in [7, 11) is 0. The maximum Gasteiger partial charge on any atom is 0.201 e. The van der Waals surface area contributed by atoms with Crippen molar-refractivity contribution in [2.45, 2.75) is 0 Å². The molecule has 0 aliphatic carbocycles. The molecule has 0 radical (unpaired) electrons. The minimum atomic E-state index is -1.40. The fraction of sp³-hybridized carbons (Fsp3) is 0. The monoisotopic (exact) mass is 288 g/mol. The molecular weight excluding hydrogens is 284 g/mol. The summed E-state index contributed by atoms with van der Waals surface area (Å²) in [6.07, 6.45) is 0. The summed E-state index contributed by atoms with van der Waals surface area (Å²) in [6, 6.07) is 3.72. The molecule has 0 bridgehead atoms. The Balaban J connectivity index is 2.59. The fourth-order valence-electron chi connectivity index (χ4n) is 1.57. The predicted octanol–water partition coefficient (Wildman–Crippen LogP) is 4.13. The minimum absolute atomic E-state index is 0.0349. The lowest BCUT2D eigenvalue weighted by atomic mass is 10.0. The van der Waals surface area contributed by atoms with E-state index in [4.69, 9.17) is 11.6 Å². The third-order valence-electron chi connectivity index (χ3n) is 2.41. The molecule has 0 fully saturated rings. The summed E-state index contributed by atoms with van der Waals surface area (Å²) in [5.41, 5.74) is -1.61. The van der Waals surface area contributed by atoms with Crippen LogP contribution in [0, 0.1) is 23.3 Å². The molecule has 0 saturated heterocycles. The van der Waals surface area contributed by atoms with Gasteiger partial charge in [-0.2, -0.15) is 0 Å². The first kappa shape index (κ1) is 13.5. The molecule has 1 nitrogen and oxygen atoms in total. The molecule has 0 unspecified atom stereocenters. The second kappa shape index (κ2) is 5.01. The quantitative estimate of drug-likeness (QED) is 0.600. The van der Waals surface area contributed by atoms with Gasteiger partial charge in [0.15, 0.2) is 0 Å².